The van der Waals surface area contributed by atoms with Gasteiger partial charge in [-0.15, -0.1) is 0 Å². The minimum atomic E-state index is 0.0569. The lowest BCUT2D eigenvalue weighted by atomic mass is 10.1. The number of carbonyl (C=O) groups is 2. The molecule has 18 heavy (non-hydrogen) atoms. The van der Waals surface area contributed by atoms with Gasteiger partial charge in [0.25, 0.3) is 0 Å². The monoisotopic (exact) mass is 265 g/mol. The molecule has 1 aliphatic heterocycles. The fraction of sp³-hybridized carbons (Fsp3) is 0.417. The van der Waals surface area contributed by atoms with Crippen molar-refractivity contribution in [1.82, 2.24) is 4.98 Å². The van der Waals surface area contributed by atoms with Crippen molar-refractivity contribution >= 4 is 34.3 Å². The Labute approximate surface area is 110 Å². The fourth-order valence-corrected chi connectivity index (χ4v) is 2.60. The summed E-state index contributed by atoms with van der Waals surface area (Å²) < 4.78 is 0. The molecule has 96 valence electrons. The second kappa shape index (κ2) is 5.39. The molecule has 1 aromatic heterocycles. The summed E-state index contributed by atoms with van der Waals surface area (Å²) in [4.78, 5) is 28.6. The number of anilines is 2. The number of hydrogen-bond acceptors (Lipinski definition) is 5. The van der Waals surface area contributed by atoms with Gasteiger partial charge in [-0.1, -0.05) is 11.8 Å². The van der Waals surface area contributed by atoms with Crippen molar-refractivity contribution in [2.24, 2.45) is 5.92 Å². The maximum Gasteiger partial charge on any atom is 0.228 e. The first kappa shape index (κ1) is 12.9. The molecular weight excluding hydrogens is 250 g/mol. The van der Waals surface area contributed by atoms with E-state index in [-0.39, 0.29) is 16.9 Å². The number of thioether (sulfide) groups is 1. The topological polar surface area (TPSA) is 76.3 Å². The maximum atomic E-state index is 11.9. The van der Waals surface area contributed by atoms with Gasteiger partial charge in [0.2, 0.25) is 5.91 Å². The highest BCUT2D eigenvalue weighted by atomic mass is 32.2. The van der Waals surface area contributed by atoms with E-state index in [1.54, 1.807) is 30.2 Å². The SMILES string of the molecule is CC(=O)SCC1CC(=O)N(c2ccc(N)cn2)C1. The Balaban J connectivity index is 2.00. The van der Waals surface area contributed by atoms with E-state index in [0.29, 0.717) is 30.2 Å². The fourth-order valence-electron chi connectivity index (χ4n) is 1.91. The summed E-state index contributed by atoms with van der Waals surface area (Å²) >= 11 is 1.27. The molecule has 0 saturated carbocycles. The van der Waals surface area contributed by atoms with Crippen molar-refractivity contribution in [1.29, 1.82) is 0 Å². The van der Waals surface area contributed by atoms with Gasteiger partial charge in [-0.25, -0.2) is 4.98 Å². The lowest BCUT2D eigenvalue weighted by Gasteiger charge is -2.15. The Morgan fingerprint density at radius 2 is 2.39 bits per heavy atom. The molecule has 0 radical (unpaired) electrons. The van der Waals surface area contributed by atoms with E-state index in [1.807, 2.05) is 0 Å². The van der Waals surface area contributed by atoms with Crippen molar-refractivity contribution in [3.05, 3.63) is 18.3 Å². The van der Waals surface area contributed by atoms with Crippen molar-refractivity contribution < 1.29 is 9.59 Å². The van der Waals surface area contributed by atoms with Crippen LogP contribution in [0.25, 0.3) is 0 Å². The first-order valence-electron chi connectivity index (χ1n) is 5.71. The minimum Gasteiger partial charge on any atom is -0.397 e. The van der Waals surface area contributed by atoms with Crippen LogP contribution in [0.15, 0.2) is 18.3 Å². The van der Waals surface area contributed by atoms with Gasteiger partial charge in [0, 0.05) is 25.6 Å². The van der Waals surface area contributed by atoms with Crippen LogP contribution in [0.4, 0.5) is 11.5 Å². The predicted molar refractivity (Wildman–Crippen MR) is 72.2 cm³/mol. The van der Waals surface area contributed by atoms with Crippen LogP contribution in [0.3, 0.4) is 0 Å². The second-order valence-corrected chi connectivity index (χ2v) is 5.52. The Kier molecular flexibility index (Phi) is 3.86. The molecule has 1 aliphatic rings. The number of nitrogens with zero attached hydrogens (tertiary/aromatic N) is 2. The zero-order chi connectivity index (χ0) is 13.1. The van der Waals surface area contributed by atoms with Gasteiger partial charge >= 0.3 is 0 Å². The highest BCUT2D eigenvalue weighted by Gasteiger charge is 2.31. The van der Waals surface area contributed by atoms with E-state index in [1.165, 1.54) is 11.8 Å². The number of nitrogen functional groups attached to an aromatic ring is 1. The number of aromatic nitrogens is 1. The molecule has 1 atom stereocenters. The molecule has 1 aromatic rings. The van der Waals surface area contributed by atoms with Crippen molar-refractivity contribution in [2.45, 2.75) is 13.3 Å². The van der Waals surface area contributed by atoms with Crippen LogP contribution in [0.2, 0.25) is 0 Å². The highest BCUT2D eigenvalue weighted by Crippen LogP contribution is 2.26. The Morgan fingerprint density at radius 1 is 1.61 bits per heavy atom. The Bertz CT molecular complexity index is 461. The van der Waals surface area contributed by atoms with Crippen LogP contribution in [0.5, 0.6) is 0 Å². The first-order valence-corrected chi connectivity index (χ1v) is 6.70. The molecule has 2 N–H and O–H groups in total. The molecule has 0 aromatic carbocycles. The van der Waals surface area contributed by atoms with E-state index >= 15 is 0 Å². The zero-order valence-electron chi connectivity index (χ0n) is 10.1. The maximum absolute atomic E-state index is 11.9. The Hall–Kier alpha value is -1.56. The van der Waals surface area contributed by atoms with E-state index in [4.69, 9.17) is 5.73 Å². The average Bonchev–Trinajstić information content (AvgIpc) is 2.69. The van der Waals surface area contributed by atoms with E-state index < -0.39 is 0 Å². The first-order chi connectivity index (χ1) is 8.56. The molecular formula is C12H15N3O2S. The third-order valence-electron chi connectivity index (χ3n) is 2.77. The van der Waals surface area contributed by atoms with Gasteiger partial charge in [-0.2, -0.15) is 0 Å². The third-order valence-corrected chi connectivity index (χ3v) is 3.82. The molecule has 0 aliphatic carbocycles. The normalized spacial score (nSPS) is 19.3. The van der Waals surface area contributed by atoms with Gasteiger partial charge in [-0.05, 0) is 18.1 Å². The van der Waals surface area contributed by atoms with Crippen LogP contribution in [0, 0.1) is 5.92 Å². The molecule has 1 saturated heterocycles. The van der Waals surface area contributed by atoms with Crippen LogP contribution in [0.1, 0.15) is 13.3 Å². The number of nitrogens with two attached hydrogens (primary N) is 1. The molecule has 5 nitrogen and oxygen atoms in total. The largest absolute Gasteiger partial charge is 0.397 e. The summed E-state index contributed by atoms with van der Waals surface area (Å²) in [6, 6.07) is 3.47. The third kappa shape index (κ3) is 3.01. The molecule has 6 heteroatoms. The predicted octanol–water partition coefficient (Wildman–Crippen LogP) is 1.30. The number of hydrogen-bond donors (Lipinski definition) is 1. The van der Waals surface area contributed by atoms with Crippen LogP contribution < -0.4 is 10.6 Å². The smallest absolute Gasteiger partial charge is 0.228 e. The number of rotatable bonds is 3. The molecule has 1 amide bonds. The van der Waals surface area contributed by atoms with Gasteiger partial charge in [0.05, 0.1) is 11.9 Å². The molecule has 2 rings (SSSR count). The van der Waals surface area contributed by atoms with Crippen LogP contribution >= 0.6 is 11.8 Å². The minimum absolute atomic E-state index is 0.0569. The van der Waals surface area contributed by atoms with Gasteiger partial charge < -0.3 is 5.73 Å². The standard InChI is InChI=1S/C12H15N3O2S/c1-8(16)18-7-9-4-12(17)15(6-9)11-3-2-10(13)5-14-11/h2-3,5,9H,4,6-7,13H2,1H3. The summed E-state index contributed by atoms with van der Waals surface area (Å²) in [7, 11) is 0. The molecule has 0 spiro atoms. The van der Waals surface area contributed by atoms with Gasteiger partial charge in [0.15, 0.2) is 5.12 Å². The highest BCUT2D eigenvalue weighted by molar-refractivity contribution is 8.13. The quantitative estimate of drug-likeness (QED) is 0.891. The average molecular weight is 265 g/mol. The van der Waals surface area contributed by atoms with Crippen molar-refractivity contribution in [3.63, 3.8) is 0 Å². The zero-order valence-corrected chi connectivity index (χ0v) is 10.9. The van der Waals surface area contributed by atoms with Crippen LogP contribution in [-0.4, -0.2) is 28.3 Å². The summed E-state index contributed by atoms with van der Waals surface area (Å²) in [6.07, 6.45) is 2.02. The summed E-state index contributed by atoms with van der Waals surface area (Å²) in [6.45, 7) is 2.16. The van der Waals surface area contributed by atoms with E-state index in [2.05, 4.69) is 4.98 Å². The molecule has 1 fully saturated rings. The Morgan fingerprint density at radius 3 is 3.00 bits per heavy atom. The lowest BCUT2D eigenvalue weighted by molar-refractivity contribution is -0.117. The number of amides is 1. The summed E-state index contributed by atoms with van der Waals surface area (Å²) in [5.41, 5.74) is 6.14. The number of pyridine rings is 1. The summed E-state index contributed by atoms with van der Waals surface area (Å²) in [5, 5.41) is 0.0894. The second-order valence-electron chi connectivity index (χ2n) is 4.33. The lowest BCUT2D eigenvalue weighted by Crippen LogP contribution is -2.25. The number of carbonyl (C=O) groups excluding carboxylic acids is 2. The van der Waals surface area contributed by atoms with Gasteiger partial charge in [-0.3, -0.25) is 14.5 Å². The summed E-state index contributed by atoms with van der Waals surface area (Å²) in [5.74, 6) is 1.59. The van der Waals surface area contributed by atoms with Crippen LogP contribution in [-0.2, 0) is 9.59 Å². The van der Waals surface area contributed by atoms with E-state index in [9.17, 15) is 9.59 Å². The van der Waals surface area contributed by atoms with Crippen molar-refractivity contribution in [2.75, 3.05) is 22.9 Å². The van der Waals surface area contributed by atoms with Crippen molar-refractivity contribution in [3.8, 4) is 0 Å². The van der Waals surface area contributed by atoms with E-state index in [0.717, 1.165) is 0 Å². The molecule has 2 heterocycles. The molecule has 1 unspecified atom stereocenters. The van der Waals surface area contributed by atoms with Gasteiger partial charge in [0.1, 0.15) is 5.82 Å². The molecule has 0 bridgehead atoms.